The Hall–Kier alpha value is -1.95. The lowest BCUT2D eigenvalue weighted by Crippen LogP contribution is -2.27. The van der Waals surface area contributed by atoms with E-state index in [2.05, 4.69) is 5.32 Å². The number of nitrogens with zero attached hydrogens (tertiary/aromatic N) is 1. The summed E-state index contributed by atoms with van der Waals surface area (Å²) in [7, 11) is 0. The third kappa shape index (κ3) is 3.66. The molecule has 0 atom stereocenters. The van der Waals surface area contributed by atoms with Gasteiger partial charge in [0.1, 0.15) is 0 Å². The van der Waals surface area contributed by atoms with Crippen LogP contribution in [-0.2, 0) is 11.2 Å². The minimum atomic E-state index is -0.505. The first-order chi connectivity index (χ1) is 7.63. The van der Waals surface area contributed by atoms with E-state index in [4.69, 9.17) is 5.11 Å². The number of nitro benzene ring substituents is 1. The van der Waals surface area contributed by atoms with Crippen LogP contribution in [-0.4, -0.2) is 29.1 Å². The zero-order chi connectivity index (χ0) is 12.0. The van der Waals surface area contributed by atoms with Crippen molar-refractivity contribution in [1.82, 2.24) is 5.32 Å². The van der Waals surface area contributed by atoms with Crippen molar-refractivity contribution in [3.8, 4) is 0 Å². The van der Waals surface area contributed by atoms with Gasteiger partial charge in [-0.25, -0.2) is 0 Å². The smallest absolute Gasteiger partial charge is 0.269 e. The fraction of sp³-hybridized carbons (Fsp3) is 0.300. The first kappa shape index (κ1) is 12.1. The van der Waals surface area contributed by atoms with Crippen LogP contribution in [0.1, 0.15) is 5.56 Å². The molecular weight excluding hydrogens is 212 g/mol. The highest BCUT2D eigenvalue weighted by Gasteiger charge is 2.08. The number of carbonyl (C=O) groups excluding carboxylic acids is 1. The van der Waals surface area contributed by atoms with Gasteiger partial charge in [-0.1, -0.05) is 12.1 Å². The van der Waals surface area contributed by atoms with Crippen molar-refractivity contribution in [2.75, 3.05) is 13.2 Å². The molecule has 0 saturated carbocycles. The van der Waals surface area contributed by atoms with Gasteiger partial charge in [0.05, 0.1) is 18.0 Å². The molecule has 0 unspecified atom stereocenters. The number of benzene rings is 1. The molecule has 0 fully saturated rings. The number of hydrogen-bond acceptors (Lipinski definition) is 4. The molecule has 0 radical (unpaired) electrons. The Kier molecular flexibility index (Phi) is 4.41. The van der Waals surface area contributed by atoms with Crippen molar-refractivity contribution in [2.24, 2.45) is 0 Å². The molecule has 0 aliphatic heterocycles. The van der Waals surface area contributed by atoms with E-state index >= 15 is 0 Å². The predicted molar refractivity (Wildman–Crippen MR) is 56.9 cm³/mol. The number of nitro groups is 1. The van der Waals surface area contributed by atoms with Crippen molar-refractivity contribution in [3.63, 3.8) is 0 Å². The Bertz CT molecular complexity index is 392. The van der Waals surface area contributed by atoms with Crippen molar-refractivity contribution in [3.05, 3.63) is 39.9 Å². The molecular formula is C10H12N2O4. The van der Waals surface area contributed by atoms with Gasteiger partial charge in [-0.05, 0) is 5.56 Å². The van der Waals surface area contributed by atoms with Crippen molar-refractivity contribution < 1.29 is 14.8 Å². The van der Waals surface area contributed by atoms with E-state index in [1.54, 1.807) is 6.07 Å². The van der Waals surface area contributed by atoms with Gasteiger partial charge in [0.2, 0.25) is 5.91 Å². The van der Waals surface area contributed by atoms with Crippen LogP contribution in [0.3, 0.4) is 0 Å². The van der Waals surface area contributed by atoms with Crippen LogP contribution in [0.5, 0.6) is 0 Å². The highest BCUT2D eigenvalue weighted by molar-refractivity contribution is 5.78. The number of carbonyl (C=O) groups is 1. The van der Waals surface area contributed by atoms with E-state index in [0.29, 0.717) is 5.56 Å². The van der Waals surface area contributed by atoms with E-state index in [9.17, 15) is 14.9 Å². The maximum absolute atomic E-state index is 11.3. The SMILES string of the molecule is O=C(Cc1cccc([N+](=O)[O-])c1)NCCO. The monoisotopic (exact) mass is 224 g/mol. The van der Waals surface area contributed by atoms with Gasteiger partial charge in [0.15, 0.2) is 0 Å². The number of rotatable bonds is 5. The Balaban J connectivity index is 2.63. The molecule has 0 saturated heterocycles. The summed E-state index contributed by atoms with van der Waals surface area (Å²) in [6.45, 7) is 0.0639. The Morgan fingerprint density at radius 2 is 2.25 bits per heavy atom. The maximum atomic E-state index is 11.3. The fourth-order valence-electron chi connectivity index (χ4n) is 1.22. The second kappa shape index (κ2) is 5.82. The molecule has 1 aromatic carbocycles. The van der Waals surface area contributed by atoms with Gasteiger partial charge >= 0.3 is 0 Å². The molecule has 16 heavy (non-hydrogen) atoms. The highest BCUT2D eigenvalue weighted by atomic mass is 16.6. The minimum absolute atomic E-state index is 0.0348. The Morgan fingerprint density at radius 1 is 1.50 bits per heavy atom. The zero-order valence-corrected chi connectivity index (χ0v) is 8.55. The summed E-state index contributed by atoms with van der Waals surface area (Å²) in [5, 5.41) is 21.4. The molecule has 0 bridgehead atoms. The van der Waals surface area contributed by atoms with Gasteiger partial charge in [0.25, 0.3) is 5.69 Å². The third-order valence-electron chi connectivity index (χ3n) is 1.92. The van der Waals surface area contributed by atoms with E-state index in [1.807, 2.05) is 0 Å². The molecule has 86 valence electrons. The van der Waals surface area contributed by atoms with Crippen molar-refractivity contribution in [2.45, 2.75) is 6.42 Å². The van der Waals surface area contributed by atoms with Crippen LogP contribution in [0, 0.1) is 10.1 Å². The van der Waals surface area contributed by atoms with Crippen molar-refractivity contribution in [1.29, 1.82) is 0 Å². The summed E-state index contributed by atoms with van der Waals surface area (Å²) in [5.74, 6) is -0.269. The van der Waals surface area contributed by atoms with Gasteiger partial charge in [-0.2, -0.15) is 0 Å². The molecule has 0 aliphatic carbocycles. The number of aliphatic hydroxyl groups excluding tert-OH is 1. The second-order valence-electron chi connectivity index (χ2n) is 3.18. The van der Waals surface area contributed by atoms with Crippen LogP contribution in [0.2, 0.25) is 0 Å². The van der Waals surface area contributed by atoms with E-state index in [-0.39, 0.29) is 31.2 Å². The molecule has 0 aromatic heterocycles. The first-order valence-corrected chi connectivity index (χ1v) is 4.74. The summed E-state index contributed by atoms with van der Waals surface area (Å²) < 4.78 is 0. The normalized spacial score (nSPS) is 9.81. The van der Waals surface area contributed by atoms with Crippen LogP contribution >= 0.6 is 0 Å². The van der Waals surface area contributed by atoms with Crippen LogP contribution in [0.15, 0.2) is 24.3 Å². The molecule has 0 aliphatic rings. The van der Waals surface area contributed by atoms with Gasteiger partial charge < -0.3 is 10.4 Å². The number of nitrogens with one attached hydrogen (secondary N) is 1. The summed E-state index contributed by atoms with van der Waals surface area (Å²) in [6.07, 6.45) is 0.0711. The predicted octanol–water partition coefficient (Wildman–Crippen LogP) is 0.246. The lowest BCUT2D eigenvalue weighted by Gasteiger charge is -2.02. The number of hydrogen-bond donors (Lipinski definition) is 2. The molecule has 0 spiro atoms. The van der Waals surface area contributed by atoms with Gasteiger partial charge in [-0.15, -0.1) is 0 Å². The maximum Gasteiger partial charge on any atom is 0.269 e. The Labute approximate surface area is 92.0 Å². The summed E-state index contributed by atoms with van der Waals surface area (Å²) in [6, 6.07) is 5.91. The van der Waals surface area contributed by atoms with Crippen molar-refractivity contribution >= 4 is 11.6 Å². The number of non-ortho nitro benzene ring substituents is 1. The van der Waals surface area contributed by atoms with Crippen LogP contribution in [0.25, 0.3) is 0 Å². The minimum Gasteiger partial charge on any atom is -0.395 e. The molecule has 0 heterocycles. The quantitative estimate of drug-likeness (QED) is 0.553. The van der Waals surface area contributed by atoms with Crippen LogP contribution < -0.4 is 5.32 Å². The summed E-state index contributed by atoms with van der Waals surface area (Å²) in [5.41, 5.74) is 0.539. The second-order valence-corrected chi connectivity index (χ2v) is 3.18. The molecule has 6 heteroatoms. The lowest BCUT2D eigenvalue weighted by molar-refractivity contribution is -0.384. The number of aliphatic hydroxyl groups is 1. The zero-order valence-electron chi connectivity index (χ0n) is 8.55. The average molecular weight is 224 g/mol. The highest BCUT2D eigenvalue weighted by Crippen LogP contribution is 2.13. The molecule has 1 rings (SSSR count). The molecule has 6 nitrogen and oxygen atoms in total. The third-order valence-corrected chi connectivity index (χ3v) is 1.92. The number of amides is 1. The average Bonchev–Trinajstić information content (AvgIpc) is 2.26. The lowest BCUT2D eigenvalue weighted by atomic mass is 10.1. The molecule has 1 aromatic rings. The van der Waals surface area contributed by atoms with Gasteiger partial charge in [0, 0.05) is 18.7 Å². The molecule has 2 N–H and O–H groups in total. The van der Waals surface area contributed by atoms with Crippen LogP contribution in [0.4, 0.5) is 5.69 Å². The van der Waals surface area contributed by atoms with Gasteiger partial charge in [-0.3, -0.25) is 14.9 Å². The largest absolute Gasteiger partial charge is 0.395 e. The topological polar surface area (TPSA) is 92.5 Å². The standard InChI is InChI=1S/C10H12N2O4/c13-5-4-11-10(14)7-8-2-1-3-9(6-8)12(15)16/h1-3,6,13H,4-5,7H2,(H,11,14). The van der Waals surface area contributed by atoms with E-state index in [0.717, 1.165) is 0 Å². The molecule has 1 amide bonds. The summed E-state index contributed by atoms with van der Waals surface area (Å²) >= 11 is 0. The Morgan fingerprint density at radius 3 is 2.88 bits per heavy atom. The first-order valence-electron chi connectivity index (χ1n) is 4.74. The summed E-state index contributed by atoms with van der Waals surface area (Å²) in [4.78, 5) is 21.2. The fourth-order valence-corrected chi connectivity index (χ4v) is 1.22. The van der Waals surface area contributed by atoms with E-state index < -0.39 is 4.92 Å². The van der Waals surface area contributed by atoms with E-state index in [1.165, 1.54) is 18.2 Å².